The Kier molecular flexibility index (Phi) is 6.78. The molecule has 3 aromatic rings. The summed E-state index contributed by atoms with van der Waals surface area (Å²) in [5.74, 6) is 2.83. The van der Waals surface area contributed by atoms with Crippen molar-refractivity contribution in [3.05, 3.63) is 70.4 Å². The number of furan rings is 1. The zero-order chi connectivity index (χ0) is 21.8. The molecule has 1 unspecified atom stereocenters. The van der Waals surface area contributed by atoms with Crippen LogP contribution in [0.5, 0.6) is 5.75 Å². The summed E-state index contributed by atoms with van der Waals surface area (Å²) in [5, 5.41) is 4.62. The highest BCUT2D eigenvalue weighted by molar-refractivity contribution is 5.37. The third-order valence-corrected chi connectivity index (χ3v) is 5.84. The van der Waals surface area contributed by atoms with E-state index >= 15 is 0 Å². The van der Waals surface area contributed by atoms with Gasteiger partial charge in [0.2, 0.25) is 0 Å². The Balaban J connectivity index is 1.54. The van der Waals surface area contributed by atoms with Crippen molar-refractivity contribution in [2.24, 2.45) is 0 Å². The molecule has 1 fully saturated rings. The van der Waals surface area contributed by atoms with Crippen LogP contribution in [-0.4, -0.2) is 41.0 Å². The number of ether oxygens (including phenoxy) is 2. The molecule has 4 rings (SSSR count). The van der Waals surface area contributed by atoms with Gasteiger partial charge in [-0.15, -0.1) is 0 Å². The van der Waals surface area contributed by atoms with E-state index in [9.17, 15) is 0 Å². The molecule has 1 aromatic carbocycles. The van der Waals surface area contributed by atoms with E-state index in [1.165, 1.54) is 5.56 Å². The highest BCUT2D eigenvalue weighted by atomic mass is 16.5. The van der Waals surface area contributed by atoms with Crippen LogP contribution in [0.2, 0.25) is 0 Å². The van der Waals surface area contributed by atoms with Gasteiger partial charge in [0.25, 0.3) is 0 Å². The summed E-state index contributed by atoms with van der Waals surface area (Å²) < 4.78 is 19.4. The van der Waals surface area contributed by atoms with E-state index in [-0.39, 0.29) is 0 Å². The monoisotopic (exact) mass is 423 g/mol. The molecule has 1 atom stereocenters. The lowest BCUT2D eigenvalue weighted by Gasteiger charge is -2.25. The first-order valence-corrected chi connectivity index (χ1v) is 11.1. The Hall–Kier alpha value is -2.57. The molecule has 0 aliphatic carbocycles. The van der Waals surface area contributed by atoms with E-state index < -0.39 is 0 Å². The molecule has 166 valence electrons. The van der Waals surface area contributed by atoms with Crippen LogP contribution in [-0.2, 0) is 24.4 Å². The van der Waals surface area contributed by atoms with Gasteiger partial charge in [-0.1, -0.05) is 6.07 Å². The van der Waals surface area contributed by atoms with Crippen molar-refractivity contribution in [1.82, 2.24) is 14.7 Å². The van der Waals surface area contributed by atoms with Crippen LogP contribution in [0.25, 0.3) is 0 Å². The summed E-state index contributed by atoms with van der Waals surface area (Å²) in [4.78, 5) is 2.42. The normalized spacial score (nSPS) is 16.4. The highest BCUT2D eigenvalue weighted by Crippen LogP contribution is 2.24. The van der Waals surface area contributed by atoms with E-state index in [2.05, 4.69) is 47.3 Å². The van der Waals surface area contributed by atoms with Crippen LogP contribution in [0.1, 0.15) is 46.9 Å². The largest absolute Gasteiger partial charge is 0.496 e. The molecule has 6 nitrogen and oxygen atoms in total. The number of benzene rings is 1. The molecule has 1 saturated heterocycles. The first kappa shape index (κ1) is 21.7. The lowest BCUT2D eigenvalue weighted by Crippen LogP contribution is -2.31. The molecule has 0 spiro atoms. The lowest BCUT2D eigenvalue weighted by atomic mass is 10.1. The van der Waals surface area contributed by atoms with Crippen LogP contribution in [0.4, 0.5) is 0 Å². The molecule has 0 saturated carbocycles. The number of nitrogens with zero attached hydrogens (tertiary/aromatic N) is 3. The Morgan fingerprint density at radius 1 is 1.13 bits per heavy atom. The van der Waals surface area contributed by atoms with Gasteiger partial charge in [-0.25, -0.2) is 0 Å². The summed E-state index contributed by atoms with van der Waals surface area (Å²) >= 11 is 0. The maximum atomic E-state index is 5.91. The maximum Gasteiger partial charge on any atom is 0.123 e. The fraction of sp³-hybridized carbons (Fsp3) is 0.480. The summed E-state index contributed by atoms with van der Waals surface area (Å²) in [6, 6.07) is 12.7. The minimum atomic E-state index is 0.295. The molecule has 1 aliphatic heterocycles. The van der Waals surface area contributed by atoms with Crippen LogP contribution >= 0.6 is 0 Å². The minimum absolute atomic E-state index is 0.295. The van der Waals surface area contributed by atoms with E-state index in [1.807, 2.05) is 24.6 Å². The van der Waals surface area contributed by atoms with Crippen LogP contribution in [0, 0.1) is 20.8 Å². The number of rotatable bonds is 9. The predicted molar refractivity (Wildman–Crippen MR) is 120 cm³/mol. The molecule has 0 N–H and O–H groups in total. The summed E-state index contributed by atoms with van der Waals surface area (Å²) in [6.07, 6.45) is 2.57. The topological polar surface area (TPSA) is 52.7 Å². The third-order valence-electron chi connectivity index (χ3n) is 5.84. The number of aromatic nitrogens is 2. The summed E-state index contributed by atoms with van der Waals surface area (Å²) in [5.41, 5.74) is 4.57. The molecule has 2 aromatic heterocycles. The second-order valence-electron chi connectivity index (χ2n) is 8.55. The highest BCUT2D eigenvalue weighted by Gasteiger charge is 2.21. The lowest BCUT2D eigenvalue weighted by molar-refractivity contribution is 0.0654. The van der Waals surface area contributed by atoms with Crippen molar-refractivity contribution in [3.63, 3.8) is 0 Å². The fourth-order valence-electron chi connectivity index (χ4n) is 4.36. The van der Waals surface area contributed by atoms with Crippen LogP contribution < -0.4 is 4.74 Å². The third kappa shape index (κ3) is 5.57. The average Bonchev–Trinajstić information content (AvgIpc) is 3.45. The maximum absolute atomic E-state index is 5.91. The first-order valence-electron chi connectivity index (χ1n) is 11.1. The molecule has 6 heteroatoms. The van der Waals surface area contributed by atoms with Gasteiger partial charge in [-0.2, -0.15) is 5.10 Å². The van der Waals surface area contributed by atoms with Gasteiger partial charge in [0, 0.05) is 31.0 Å². The van der Waals surface area contributed by atoms with Gasteiger partial charge in [-0.05, 0) is 69.5 Å². The molecule has 0 radical (unpaired) electrons. The zero-order valence-corrected chi connectivity index (χ0v) is 19.1. The number of aryl methyl sites for hydroxylation is 3. The van der Waals surface area contributed by atoms with Crippen molar-refractivity contribution in [2.45, 2.75) is 59.4 Å². The van der Waals surface area contributed by atoms with E-state index in [4.69, 9.17) is 13.9 Å². The molecular weight excluding hydrogens is 390 g/mol. The van der Waals surface area contributed by atoms with Gasteiger partial charge in [0.05, 0.1) is 32.0 Å². The van der Waals surface area contributed by atoms with E-state index in [1.54, 1.807) is 7.11 Å². The zero-order valence-electron chi connectivity index (χ0n) is 19.1. The SMILES string of the molecule is COc1ccc(CN(Cc2ccc(C)o2)CC2CCCO2)cc1Cn1nc(C)cc1C. The van der Waals surface area contributed by atoms with E-state index in [0.29, 0.717) is 12.6 Å². The average molecular weight is 424 g/mol. The van der Waals surface area contributed by atoms with Crippen molar-refractivity contribution in [1.29, 1.82) is 0 Å². The first-order chi connectivity index (χ1) is 15.0. The van der Waals surface area contributed by atoms with Gasteiger partial charge < -0.3 is 13.9 Å². The van der Waals surface area contributed by atoms with Crippen molar-refractivity contribution < 1.29 is 13.9 Å². The van der Waals surface area contributed by atoms with Crippen molar-refractivity contribution >= 4 is 0 Å². The fourth-order valence-corrected chi connectivity index (χ4v) is 4.36. The van der Waals surface area contributed by atoms with Gasteiger partial charge >= 0.3 is 0 Å². The number of methoxy groups -OCH3 is 1. The predicted octanol–water partition coefficient (Wildman–Crippen LogP) is 4.64. The molecule has 0 amide bonds. The van der Waals surface area contributed by atoms with E-state index in [0.717, 1.165) is 73.3 Å². The Morgan fingerprint density at radius 3 is 2.65 bits per heavy atom. The van der Waals surface area contributed by atoms with Crippen LogP contribution in [0.3, 0.4) is 0 Å². The molecule has 1 aliphatic rings. The molecule has 0 bridgehead atoms. The smallest absolute Gasteiger partial charge is 0.123 e. The standard InChI is InChI=1S/C25H33N3O3/c1-18-12-19(2)28(26-18)15-22-13-21(8-10-25(22)29-4)14-27(16-23-6-5-11-30-23)17-24-9-7-20(3)31-24/h7-10,12-13,23H,5-6,11,14-17H2,1-4H3. The van der Waals surface area contributed by atoms with Gasteiger partial charge in [0.1, 0.15) is 17.3 Å². The Morgan fingerprint density at radius 2 is 2.00 bits per heavy atom. The Labute approximate surface area is 184 Å². The van der Waals surface area contributed by atoms with Crippen molar-refractivity contribution in [2.75, 3.05) is 20.3 Å². The molecule has 3 heterocycles. The molecule has 31 heavy (non-hydrogen) atoms. The van der Waals surface area contributed by atoms with Gasteiger partial charge in [0.15, 0.2) is 0 Å². The number of hydrogen-bond donors (Lipinski definition) is 0. The van der Waals surface area contributed by atoms with Gasteiger partial charge in [-0.3, -0.25) is 9.58 Å². The second-order valence-corrected chi connectivity index (χ2v) is 8.55. The number of hydrogen-bond acceptors (Lipinski definition) is 5. The summed E-state index contributed by atoms with van der Waals surface area (Å²) in [7, 11) is 1.72. The second kappa shape index (κ2) is 9.71. The summed E-state index contributed by atoms with van der Waals surface area (Å²) in [6.45, 7) is 10.2. The van der Waals surface area contributed by atoms with Crippen LogP contribution in [0.15, 0.2) is 40.8 Å². The quantitative estimate of drug-likeness (QED) is 0.502. The minimum Gasteiger partial charge on any atom is -0.496 e. The molecular formula is C25H33N3O3. The Bertz CT molecular complexity index is 1000. The van der Waals surface area contributed by atoms with Crippen molar-refractivity contribution in [3.8, 4) is 5.75 Å².